The fraction of sp³-hybridized carbons (Fsp3) is 0.273. The predicted octanol–water partition coefficient (Wildman–Crippen LogP) is 4.92. The standard InChI is InChI=1S/C22H18ClF3N6O2S/c1-22(10-34-21(33)30-22)9-15-16(14-4-6-32(31-14)20(25)26)17(12-3-2-11(24)8-13(12)23)29-18(28-15)19-27-5-7-35-19/h2-8,17,20H,9-10H2,1H3,(H,28,29)(H,30,33)/t17-,22+/m0/s1. The van der Waals surface area contributed by atoms with Gasteiger partial charge in [0.15, 0.2) is 10.8 Å². The minimum atomic E-state index is -2.84. The number of alkyl halides is 2. The molecular formula is C22H18ClF3N6O2S. The fourth-order valence-electron chi connectivity index (χ4n) is 4.05. The van der Waals surface area contributed by atoms with Gasteiger partial charge in [-0.05, 0) is 25.1 Å². The maximum absolute atomic E-state index is 13.9. The van der Waals surface area contributed by atoms with Crippen LogP contribution in [0.1, 0.15) is 42.2 Å². The SMILES string of the molecule is C[C@@]1(CC2=C(c3ccn(C(F)F)n3)[C@H](c3ccc(F)cc3Cl)N=C(c3nccs3)N2)COC(=O)N1. The third kappa shape index (κ3) is 4.63. The van der Waals surface area contributed by atoms with Crippen molar-refractivity contribution in [3.8, 4) is 0 Å². The first kappa shape index (κ1) is 23.4. The number of amidine groups is 1. The van der Waals surface area contributed by atoms with Crippen LogP contribution in [0, 0.1) is 5.82 Å². The molecule has 0 radical (unpaired) electrons. The lowest BCUT2D eigenvalue weighted by Gasteiger charge is -2.31. The Labute approximate surface area is 206 Å². The summed E-state index contributed by atoms with van der Waals surface area (Å²) in [6, 6.07) is 4.55. The lowest BCUT2D eigenvalue weighted by Crippen LogP contribution is -2.43. The number of hydrogen-bond acceptors (Lipinski definition) is 7. The Morgan fingerprint density at radius 3 is 2.83 bits per heavy atom. The number of hydrogen-bond donors (Lipinski definition) is 2. The van der Waals surface area contributed by atoms with E-state index in [0.717, 1.165) is 6.20 Å². The number of aliphatic imine (C=N–C) groups is 1. The molecule has 0 aliphatic carbocycles. The number of rotatable bonds is 6. The Morgan fingerprint density at radius 1 is 1.37 bits per heavy atom. The monoisotopic (exact) mass is 522 g/mol. The molecule has 2 aliphatic heterocycles. The number of nitrogens with zero attached hydrogens (tertiary/aromatic N) is 4. The number of amides is 1. The molecule has 2 atom stereocenters. The van der Waals surface area contributed by atoms with Crippen LogP contribution in [0.4, 0.5) is 18.0 Å². The van der Waals surface area contributed by atoms with E-state index in [1.165, 1.54) is 35.6 Å². The normalized spacial score (nSPS) is 22.2. The van der Waals surface area contributed by atoms with Gasteiger partial charge in [-0.15, -0.1) is 11.3 Å². The van der Waals surface area contributed by atoms with Gasteiger partial charge >= 0.3 is 12.6 Å². The fourth-order valence-corrected chi connectivity index (χ4v) is 4.91. The Bertz CT molecular complexity index is 1340. The number of carbonyl (C=O) groups excluding carboxylic acids is 1. The van der Waals surface area contributed by atoms with Gasteiger partial charge in [0.2, 0.25) is 0 Å². The Balaban J connectivity index is 1.70. The second-order valence-electron chi connectivity index (χ2n) is 8.30. The van der Waals surface area contributed by atoms with Crippen LogP contribution in [0.5, 0.6) is 0 Å². The maximum Gasteiger partial charge on any atom is 0.407 e. The number of alkyl carbamates (subject to hydrolysis) is 1. The number of ether oxygens (including phenoxy) is 1. The molecule has 13 heteroatoms. The number of benzene rings is 1. The molecule has 0 bridgehead atoms. The highest BCUT2D eigenvalue weighted by atomic mass is 35.5. The number of cyclic esters (lactones) is 1. The molecule has 5 rings (SSSR count). The van der Waals surface area contributed by atoms with Crippen molar-refractivity contribution >= 4 is 40.4 Å². The lowest BCUT2D eigenvalue weighted by atomic mass is 9.88. The minimum Gasteiger partial charge on any atom is -0.447 e. The van der Waals surface area contributed by atoms with Crippen LogP contribution in [0.25, 0.3) is 5.57 Å². The van der Waals surface area contributed by atoms with Crippen LogP contribution in [-0.2, 0) is 4.74 Å². The highest BCUT2D eigenvalue weighted by Crippen LogP contribution is 2.42. The molecule has 3 aromatic rings. The van der Waals surface area contributed by atoms with Gasteiger partial charge in [-0.3, -0.25) is 4.99 Å². The van der Waals surface area contributed by atoms with Crippen molar-refractivity contribution in [1.82, 2.24) is 25.4 Å². The summed E-state index contributed by atoms with van der Waals surface area (Å²) in [5.41, 5.74) is 0.913. The van der Waals surface area contributed by atoms with Gasteiger partial charge in [0.1, 0.15) is 18.5 Å². The average molecular weight is 523 g/mol. The second-order valence-corrected chi connectivity index (χ2v) is 9.60. The molecule has 8 nitrogen and oxygen atoms in total. The van der Waals surface area contributed by atoms with Crippen molar-refractivity contribution in [1.29, 1.82) is 0 Å². The largest absolute Gasteiger partial charge is 0.447 e. The molecule has 1 aromatic carbocycles. The first-order chi connectivity index (χ1) is 16.7. The summed E-state index contributed by atoms with van der Waals surface area (Å²) in [5, 5.41) is 12.6. The molecule has 1 fully saturated rings. The first-order valence-corrected chi connectivity index (χ1v) is 11.7. The Hall–Kier alpha value is -3.38. The molecule has 0 unspecified atom stereocenters. The molecule has 0 spiro atoms. The molecule has 4 heterocycles. The van der Waals surface area contributed by atoms with E-state index < -0.39 is 30.0 Å². The molecule has 1 amide bonds. The second kappa shape index (κ2) is 9.00. The van der Waals surface area contributed by atoms with Gasteiger partial charge in [0.25, 0.3) is 0 Å². The zero-order valence-electron chi connectivity index (χ0n) is 18.1. The number of halogens is 4. The summed E-state index contributed by atoms with van der Waals surface area (Å²) in [7, 11) is 0. The van der Waals surface area contributed by atoms with E-state index in [1.54, 1.807) is 18.5 Å². The van der Waals surface area contributed by atoms with E-state index in [4.69, 9.17) is 21.3 Å². The third-order valence-electron chi connectivity index (χ3n) is 5.59. The number of thiazole rings is 1. The predicted molar refractivity (Wildman–Crippen MR) is 124 cm³/mol. The van der Waals surface area contributed by atoms with Crippen LogP contribution >= 0.6 is 22.9 Å². The first-order valence-electron chi connectivity index (χ1n) is 10.4. The van der Waals surface area contributed by atoms with E-state index in [2.05, 4.69) is 20.7 Å². The zero-order chi connectivity index (χ0) is 24.7. The maximum atomic E-state index is 13.9. The number of nitrogens with one attached hydrogen (secondary N) is 2. The molecule has 35 heavy (non-hydrogen) atoms. The molecule has 1 saturated heterocycles. The minimum absolute atomic E-state index is 0.0987. The Kier molecular flexibility index (Phi) is 6.01. The van der Waals surface area contributed by atoms with Crippen LogP contribution in [0.2, 0.25) is 5.02 Å². The summed E-state index contributed by atoms with van der Waals surface area (Å²) in [5.74, 6) is -0.103. The van der Waals surface area contributed by atoms with E-state index >= 15 is 0 Å². The van der Waals surface area contributed by atoms with Gasteiger partial charge in [0, 0.05) is 46.1 Å². The van der Waals surface area contributed by atoms with Gasteiger partial charge in [0.05, 0.1) is 11.2 Å². The van der Waals surface area contributed by atoms with Crippen molar-refractivity contribution in [3.05, 3.63) is 74.8 Å². The van der Waals surface area contributed by atoms with E-state index in [9.17, 15) is 18.0 Å². The van der Waals surface area contributed by atoms with Crippen molar-refractivity contribution in [3.63, 3.8) is 0 Å². The smallest absolute Gasteiger partial charge is 0.407 e. The van der Waals surface area contributed by atoms with Gasteiger partial charge in [-0.2, -0.15) is 13.9 Å². The van der Waals surface area contributed by atoms with Crippen molar-refractivity contribution < 1.29 is 22.7 Å². The van der Waals surface area contributed by atoms with Crippen LogP contribution in [-0.4, -0.2) is 38.8 Å². The highest BCUT2D eigenvalue weighted by Gasteiger charge is 2.39. The van der Waals surface area contributed by atoms with E-state index in [-0.39, 0.29) is 23.7 Å². The lowest BCUT2D eigenvalue weighted by molar-refractivity contribution is 0.0564. The summed E-state index contributed by atoms with van der Waals surface area (Å²) in [4.78, 5) is 20.9. The van der Waals surface area contributed by atoms with E-state index in [1.807, 2.05) is 0 Å². The zero-order valence-corrected chi connectivity index (χ0v) is 19.7. The van der Waals surface area contributed by atoms with Crippen molar-refractivity contribution in [2.75, 3.05) is 6.61 Å². The van der Waals surface area contributed by atoms with Crippen LogP contribution < -0.4 is 10.6 Å². The number of aromatic nitrogens is 3. The summed E-state index contributed by atoms with van der Waals surface area (Å²) < 4.78 is 46.2. The van der Waals surface area contributed by atoms with Gasteiger partial charge in [-0.25, -0.2) is 18.9 Å². The van der Waals surface area contributed by atoms with Crippen molar-refractivity contribution in [2.24, 2.45) is 4.99 Å². The van der Waals surface area contributed by atoms with Crippen LogP contribution in [0.15, 0.2) is 52.7 Å². The summed E-state index contributed by atoms with van der Waals surface area (Å²) >= 11 is 7.77. The average Bonchev–Trinajstić information content (AvgIpc) is 3.55. The molecule has 182 valence electrons. The van der Waals surface area contributed by atoms with Gasteiger partial charge < -0.3 is 15.4 Å². The summed E-state index contributed by atoms with van der Waals surface area (Å²) in [6.07, 6.45) is 2.46. The van der Waals surface area contributed by atoms with Crippen molar-refractivity contribution in [2.45, 2.75) is 31.5 Å². The van der Waals surface area contributed by atoms with E-state index in [0.29, 0.717) is 32.4 Å². The number of carbonyl (C=O) groups is 1. The molecule has 2 aliphatic rings. The third-order valence-corrected chi connectivity index (χ3v) is 6.70. The van der Waals surface area contributed by atoms with Crippen LogP contribution in [0.3, 0.4) is 0 Å². The molecule has 0 saturated carbocycles. The molecular weight excluding hydrogens is 505 g/mol. The highest BCUT2D eigenvalue weighted by molar-refractivity contribution is 7.11. The quantitative estimate of drug-likeness (QED) is 0.479. The Morgan fingerprint density at radius 2 is 2.20 bits per heavy atom. The topological polar surface area (TPSA) is 93.4 Å². The summed E-state index contributed by atoms with van der Waals surface area (Å²) in [6.45, 7) is -0.940. The van der Waals surface area contributed by atoms with Gasteiger partial charge in [-0.1, -0.05) is 17.7 Å². The molecule has 2 aromatic heterocycles. The molecule has 2 N–H and O–H groups in total.